The van der Waals surface area contributed by atoms with Crippen molar-refractivity contribution in [3.63, 3.8) is 0 Å². The van der Waals surface area contributed by atoms with Crippen molar-refractivity contribution in [2.45, 2.75) is 57.9 Å². The minimum atomic E-state index is -0.131. The summed E-state index contributed by atoms with van der Waals surface area (Å²) in [6.45, 7) is 9.55. The number of nitrogens with zero attached hydrogens (tertiary/aromatic N) is 2. The molecule has 0 radical (unpaired) electrons. The van der Waals surface area contributed by atoms with Crippen LogP contribution in [0.1, 0.15) is 68.6 Å². The fourth-order valence-corrected chi connectivity index (χ4v) is 3.19. The highest BCUT2D eigenvalue weighted by molar-refractivity contribution is 5.92. The number of carbonyl (C=O) groups is 1. The molecule has 0 aromatic carbocycles. The van der Waals surface area contributed by atoms with E-state index in [1.54, 1.807) is 6.07 Å². The molecule has 1 aromatic heterocycles. The molecular formula is C17H27N3O2. The second kappa shape index (κ2) is 6.03. The SMILES string of the molecule is CC1CCCN(C(C)(C)CNC(=O)c2cc(C3CC3)on2)C1. The van der Waals surface area contributed by atoms with Crippen LogP contribution in [0.15, 0.2) is 10.6 Å². The number of hydrogen-bond donors (Lipinski definition) is 1. The van der Waals surface area contributed by atoms with Crippen molar-refractivity contribution in [2.75, 3.05) is 19.6 Å². The highest BCUT2D eigenvalue weighted by Crippen LogP contribution is 2.40. The minimum Gasteiger partial charge on any atom is -0.360 e. The fourth-order valence-electron chi connectivity index (χ4n) is 3.19. The predicted octanol–water partition coefficient (Wildman–Crippen LogP) is 2.79. The molecule has 1 saturated heterocycles. The summed E-state index contributed by atoms with van der Waals surface area (Å²) in [5.74, 6) is 1.95. The molecule has 3 rings (SSSR count). The Kier molecular flexibility index (Phi) is 4.26. The molecule has 1 unspecified atom stereocenters. The van der Waals surface area contributed by atoms with Gasteiger partial charge in [0.1, 0.15) is 5.76 Å². The van der Waals surface area contributed by atoms with Crippen LogP contribution in [0.4, 0.5) is 0 Å². The zero-order chi connectivity index (χ0) is 15.7. The van der Waals surface area contributed by atoms with Gasteiger partial charge in [-0.05, 0) is 52.0 Å². The summed E-state index contributed by atoms with van der Waals surface area (Å²) in [6.07, 6.45) is 4.85. The largest absolute Gasteiger partial charge is 0.360 e. The summed E-state index contributed by atoms with van der Waals surface area (Å²) in [6, 6.07) is 1.79. The van der Waals surface area contributed by atoms with Crippen LogP contribution < -0.4 is 5.32 Å². The Morgan fingerprint density at radius 2 is 2.23 bits per heavy atom. The summed E-state index contributed by atoms with van der Waals surface area (Å²) in [5.41, 5.74) is 0.373. The molecule has 5 heteroatoms. The number of aromatic nitrogens is 1. The maximum atomic E-state index is 12.2. The van der Waals surface area contributed by atoms with Crippen molar-refractivity contribution < 1.29 is 9.32 Å². The summed E-state index contributed by atoms with van der Waals surface area (Å²) in [4.78, 5) is 14.7. The van der Waals surface area contributed by atoms with Crippen LogP contribution in [0.25, 0.3) is 0 Å². The van der Waals surface area contributed by atoms with Gasteiger partial charge in [0.2, 0.25) is 0 Å². The van der Waals surface area contributed by atoms with Gasteiger partial charge in [0, 0.05) is 30.6 Å². The van der Waals surface area contributed by atoms with Crippen LogP contribution >= 0.6 is 0 Å². The van der Waals surface area contributed by atoms with E-state index in [0.29, 0.717) is 18.2 Å². The highest BCUT2D eigenvalue weighted by Gasteiger charge is 2.32. The van der Waals surface area contributed by atoms with E-state index in [1.165, 1.54) is 12.8 Å². The van der Waals surface area contributed by atoms with Gasteiger partial charge in [-0.25, -0.2) is 0 Å². The monoisotopic (exact) mass is 305 g/mol. The summed E-state index contributed by atoms with van der Waals surface area (Å²) >= 11 is 0. The third kappa shape index (κ3) is 3.51. The maximum absolute atomic E-state index is 12.2. The number of hydrogen-bond acceptors (Lipinski definition) is 4. The first kappa shape index (κ1) is 15.5. The van der Waals surface area contributed by atoms with E-state index in [-0.39, 0.29) is 11.4 Å². The van der Waals surface area contributed by atoms with Gasteiger partial charge in [-0.2, -0.15) is 0 Å². The normalized spacial score (nSPS) is 23.5. The lowest BCUT2D eigenvalue weighted by Gasteiger charge is -2.43. The van der Waals surface area contributed by atoms with E-state index >= 15 is 0 Å². The molecule has 2 fully saturated rings. The Hall–Kier alpha value is -1.36. The van der Waals surface area contributed by atoms with Gasteiger partial charge in [0.25, 0.3) is 5.91 Å². The first-order chi connectivity index (χ1) is 10.5. The van der Waals surface area contributed by atoms with Crippen LogP contribution in [0.3, 0.4) is 0 Å². The third-order valence-electron chi connectivity index (χ3n) is 4.94. The number of amides is 1. The molecule has 122 valence electrons. The van der Waals surface area contributed by atoms with Crippen molar-refractivity contribution in [2.24, 2.45) is 5.92 Å². The van der Waals surface area contributed by atoms with E-state index in [9.17, 15) is 4.79 Å². The lowest BCUT2D eigenvalue weighted by Crippen LogP contribution is -2.54. The van der Waals surface area contributed by atoms with E-state index in [1.807, 2.05) is 0 Å². The standard InChI is InChI=1S/C17H27N3O2/c1-12-5-4-8-20(10-12)17(2,3)11-18-16(21)14-9-15(22-19-14)13-6-7-13/h9,12-13H,4-8,10-11H2,1-3H3,(H,18,21). The lowest BCUT2D eigenvalue weighted by atomic mass is 9.93. The van der Waals surface area contributed by atoms with E-state index in [0.717, 1.165) is 37.6 Å². The summed E-state index contributed by atoms with van der Waals surface area (Å²) in [5, 5.41) is 6.92. The Labute approximate surface area is 132 Å². The lowest BCUT2D eigenvalue weighted by molar-refractivity contribution is 0.0654. The molecule has 1 aliphatic carbocycles. The van der Waals surface area contributed by atoms with Gasteiger partial charge in [-0.1, -0.05) is 12.1 Å². The Morgan fingerprint density at radius 1 is 1.45 bits per heavy atom. The molecule has 2 aliphatic rings. The number of rotatable bonds is 5. The molecule has 1 saturated carbocycles. The average molecular weight is 305 g/mol. The number of carbonyl (C=O) groups excluding carboxylic acids is 1. The first-order valence-electron chi connectivity index (χ1n) is 8.45. The van der Waals surface area contributed by atoms with Gasteiger partial charge in [-0.15, -0.1) is 0 Å². The quantitative estimate of drug-likeness (QED) is 0.909. The van der Waals surface area contributed by atoms with E-state index in [2.05, 4.69) is 36.1 Å². The van der Waals surface area contributed by atoms with Crippen LogP contribution in [0, 0.1) is 5.92 Å². The van der Waals surface area contributed by atoms with Crippen molar-refractivity contribution in [1.82, 2.24) is 15.4 Å². The van der Waals surface area contributed by atoms with E-state index < -0.39 is 0 Å². The Bertz CT molecular complexity index is 534. The Balaban J connectivity index is 1.54. The van der Waals surface area contributed by atoms with Crippen LogP contribution in [0.5, 0.6) is 0 Å². The van der Waals surface area contributed by atoms with E-state index in [4.69, 9.17) is 4.52 Å². The van der Waals surface area contributed by atoms with Crippen LogP contribution in [0.2, 0.25) is 0 Å². The topological polar surface area (TPSA) is 58.4 Å². The first-order valence-corrected chi connectivity index (χ1v) is 8.45. The zero-order valence-electron chi connectivity index (χ0n) is 13.9. The van der Waals surface area contributed by atoms with Gasteiger partial charge in [-0.3, -0.25) is 9.69 Å². The summed E-state index contributed by atoms with van der Waals surface area (Å²) in [7, 11) is 0. The molecule has 1 aliphatic heterocycles. The number of likely N-dealkylation sites (tertiary alicyclic amines) is 1. The van der Waals surface area contributed by atoms with Gasteiger partial charge >= 0.3 is 0 Å². The van der Waals surface area contributed by atoms with Gasteiger partial charge < -0.3 is 9.84 Å². The smallest absolute Gasteiger partial charge is 0.273 e. The predicted molar refractivity (Wildman–Crippen MR) is 84.9 cm³/mol. The second-order valence-electron chi connectivity index (χ2n) is 7.58. The Morgan fingerprint density at radius 3 is 2.91 bits per heavy atom. The second-order valence-corrected chi connectivity index (χ2v) is 7.58. The molecule has 0 bridgehead atoms. The number of piperidine rings is 1. The molecule has 1 amide bonds. The van der Waals surface area contributed by atoms with Crippen LogP contribution in [-0.4, -0.2) is 41.1 Å². The van der Waals surface area contributed by atoms with Gasteiger partial charge in [0.15, 0.2) is 5.69 Å². The van der Waals surface area contributed by atoms with Crippen molar-refractivity contribution in [3.05, 3.63) is 17.5 Å². The van der Waals surface area contributed by atoms with Crippen molar-refractivity contribution in [3.8, 4) is 0 Å². The highest BCUT2D eigenvalue weighted by atomic mass is 16.5. The average Bonchev–Trinajstić information content (AvgIpc) is 3.22. The van der Waals surface area contributed by atoms with Crippen molar-refractivity contribution >= 4 is 5.91 Å². The molecule has 5 nitrogen and oxygen atoms in total. The molecule has 1 aromatic rings. The minimum absolute atomic E-state index is 0.0343. The molecule has 1 atom stereocenters. The fraction of sp³-hybridized carbons (Fsp3) is 0.765. The molecule has 1 N–H and O–H groups in total. The maximum Gasteiger partial charge on any atom is 0.273 e. The third-order valence-corrected chi connectivity index (χ3v) is 4.94. The molecule has 2 heterocycles. The van der Waals surface area contributed by atoms with Crippen molar-refractivity contribution in [1.29, 1.82) is 0 Å². The molecular weight excluding hydrogens is 278 g/mol. The van der Waals surface area contributed by atoms with Crippen LogP contribution in [-0.2, 0) is 0 Å². The molecule has 0 spiro atoms. The zero-order valence-corrected chi connectivity index (χ0v) is 13.9. The summed E-state index contributed by atoms with van der Waals surface area (Å²) < 4.78 is 5.25. The number of nitrogens with one attached hydrogen (secondary N) is 1. The van der Waals surface area contributed by atoms with Gasteiger partial charge in [0.05, 0.1) is 0 Å². The molecule has 22 heavy (non-hydrogen) atoms.